The number of likely N-dealkylation sites (tertiary alicyclic amines) is 1. The van der Waals surface area contributed by atoms with E-state index in [0.29, 0.717) is 37.8 Å². The Labute approximate surface area is 161 Å². The topological polar surface area (TPSA) is 87.3 Å². The minimum atomic E-state index is -0.601. The quantitative estimate of drug-likeness (QED) is 0.800. The number of hydrogen-bond donors (Lipinski definition) is 2. The number of nitrogens with zero attached hydrogens (tertiary/aromatic N) is 2. The van der Waals surface area contributed by atoms with Gasteiger partial charge in [0.1, 0.15) is 11.6 Å². The summed E-state index contributed by atoms with van der Waals surface area (Å²) >= 11 is 0. The van der Waals surface area contributed by atoms with Gasteiger partial charge in [0.15, 0.2) is 0 Å². The fourth-order valence-corrected chi connectivity index (χ4v) is 4.21. The van der Waals surface area contributed by atoms with Crippen molar-refractivity contribution in [2.24, 2.45) is 11.3 Å². The van der Waals surface area contributed by atoms with Crippen LogP contribution < -0.4 is 10.9 Å². The fourth-order valence-electron chi connectivity index (χ4n) is 4.21. The zero-order valence-electron chi connectivity index (χ0n) is 15.7. The molecule has 8 heteroatoms. The summed E-state index contributed by atoms with van der Waals surface area (Å²) in [5.41, 5.74) is 0.711. The van der Waals surface area contributed by atoms with Crippen molar-refractivity contribution in [3.63, 3.8) is 0 Å². The summed E-state index contributed by atoms with van der Waals surface area (Å²) in [6, 6.07) is 7.84. The van der Waals surface area contributed by atoms with Gasteiger partial charge in [0.25, 0.3) is 5.56 Å². The van der Waals surface area contributed by atoms with Gasteiger partial charge in [-0.3, -0.25) is 14.5 Å². The zero-order valence-corrected chi connectivity index (χ0v) is 15.7. The van der Waals surface area contributed by atoms with Crippen molar-refractivity contribution in [2.75, 3.05) is 26.3 Å². The molecule has 0 saturated carbocycles. The molecule has 1 aromatic carbocycles. The summed E-state index contributed by atoms with van der Waals surface area (Å²) in [5, 5.41) is 2.94. The maximum atomic E-state index is 13.1. The summed E-state index contributed by atoms with van der Waals surface area (Å²) in [5.74, 6) is 0.302. The number of carbonyl (C=O) groups is 1. The standard InChI is InChI=1S/C20H23FN4O3/c1-13-23-17(6-18(26)24-13)7-22-19(27)20-11-25(9-15(20)10-28-12-20)8-14-2-4-16(21)5-3-14/h2-6,15H,7-12H2,1H3,(H,22,27)(H,23,24,26)/t15-,20-/m1/s1. The third-order valence-corrected chi connectivity index (χ3v) is 5.56. The number of ether oxygens (including phenoxy) is 1. The van der Waals surface area contributed by atoms with E-state index in [4.69, 9.17) is 4.74 Å². The summed E-state index contributed by atoms with van der Waals surface area (Å²) in [6.45, 7) is 4.85. The Morgan fingerprint density at radius 3 is 2.96 bits per heavy atom. The third-order valence-electron chi connectivity index (χ3n) is 5.56. The molecular weight excluding hydrogens is 363 g/mol. The van der Waals surface area contributed by atoms with Crippen LogP contribution in [0.5, 0.6) is 0 Å². The van der Waals surface area contributed by atoms with Crippen molar-refractivity contribution in [1.82, 2.24) is 20.2 Å². The highest BCUT2D eigenvalue weighted by molar-refractivity contribution is 5.84. The number of fused-ring (bicyclic) bond motifs is 1. The Morgan fingerprint density at radius 2 is 2.21 bits per heavy atom. The summed E-state index contributed by atoms with van der Waals surface area (Å²) in [4.78, 5) is 33.7. The van der Waals surface area contributed by atoms with Crippen LogP contribution in [0.2, 0.25) is 0 Å². The van der Waals surface area contributed by atoms with E-state index >= 15 is 0 Å². The van der Waals surface area contributed by atoms with Gasteiger partial charge in [-0.25, -0.2) is 9.37 Å². The van der Waals surface area contributed by atoms with Crippen molar-refractivity contribution in [3.8, 4) is 0 Å². The van der Waals surface area contributed by atoms with Gasteiger partial charge in [-0.05, 0) is 24.6 Å². The number of nitrogens with one attached hydrogen (secondary N) is 2. The first-order valence-corrected chi connectivity index (χ1v) is 9.34. The van der Waals surface area contributed by atoms with Crippen molar-refractivity contribution in [1.29, 1.82) is 0 Å². The highest BCUT2D eigenvalue weighted by Crippen LogP contribution is 2.42. The average Bonchev–Trinajstić information content (AvgIpc) is 3.19. The number of carbonyl (C=O) groups excluding carboxylic acids is 1. The highest BCUT2D eigenvalue weighted by atomic mass is 19.1. The number of aryl methyl sites for hydroxylation is 1. The molecule has 2 atom stereocenters. The molecule has 4 rings (SSSR count). The van der Waals surface area contributed by atoms with E-state index in [1.807, 2.05) is 0 Å². The summed E-state index contributed by atoms with van der Waals surface area (Å²) < 4.78 is 18.8. The lowest BCUT2D eigenvalue weighted by Gasteiger charge is -2.26. The largest absolute Gasteiger partial charge is 0.380 e. The van der Waals surface area contributed by atoms with Crippen LogP contribution in [0.15, 0.2) is 35.1 Å². The first-order chi connectivity index (χ1) is 13.4. The Kier molecular flexibility index (Phi) is 4.99. The van der Waals surface area contributed by atoms with Crippen LogP contribution >= 0.6 is 0 Å². The molecule has 2 saturated heterocycles. The molecule has 0 unspecified atom stereocenters. The number of halogens is 1. The van der Waals surface area contributed by atoms with E-state index in [-0.39, 0.29) is 29.7 Å². The van der Waals surface area contributed by atoms with Crippen LogP contribution in [0, 0.1) is 24.1 Å². The fraction of sp³-hybridized carbons (Fsp3) is 0.450. The first-order valence-electron chi connectivity index (χ1n) is 9.34. The zero-order chi connectivity index (χ0) is 19.7. The second-order valence-electron chi connectivity index (χ2n) is 7.67. The first kappa shape index (κ1) is 18.8. The summed E-state index contributed by atoms with van der Waals surface area (Å²) in [7, 11) is 0. The van der Waals surface area contributed by atoms with Crippen LogP contribution in [0.3, 0.4) is 0 Å². The van der Waals surface area contributed by atoms with E-state index in [1.54, 1.807) is 19.1 Å². The molecule has 28 heavy (non-hydrogen) atoms. The molecule has 7 nitrogen and oxygen atoms in total. The van der Waals surface area contributed by atoms with Crippen LogP contribution in [-0.4, -0.2) is 47.1 Å². The number of aromatic nitrogens is 2. The Bertz CT molecular complexity index is 930. The van der Waals surface area contributed by atoms with Gasteiger partial charge in [0, 0.05) is 31.6 Å². The van der Waals surface area contributed by atoms with Crippen LogP contribution in [0.4, 0.5) is 4.39 Å². The van der Waals surface area contributed by atoms with E-state index < -0.39 is 5.41 Å². The van der Waals surface area contributed by atoms with Gasteiger partial charge < -0.3 is 15.0 Å². The minimum Gasteiger partial charge on any atom is -0.380 e. The number of hydrogen-bond acceptors (Lipinski definition) is 5. The monoisotopic (exact) mass is 386 g/mol. The summed E-state index contributed by atoms with van der Waals surface area (Å²) in [6.07, 6.45) is 0. The lowest BCUT2D eigenvalue weighted by atomic mass is 9.80. The lowest BCUT2D eigenvalue weighted by molar-refractivity contribution is -0.131. The van der Waals surface area contributed by atoms with Crippen molar-refractivity contribution >= 4 is 5.91 Å². The number of rotatable bonds is 5. The Hall–Kier alpha value is -2.58. The number of benzene rings is 1. The lowest BCUT2D eigenvalue weighted by Crippen LogP contribution is -2.46. The number of aromatic amines is 1. The van der Waals surface area contributed by atoms with Crippen LogP contribution in [0.1, 0.15) is 17.1 Å². The molecule has 0 bridgehead atoms. The Morgan fingerprint density at radius 1 is 1.43 bits per heavy atom. The van der Waals surface area contributed by atoms with Gasteiger partial charge in [-0.2, -0.15) is 0 Å². The highest BCUT2D eigenvalue weighted by Gasteiger charge is 2.55. The maximum absolute atomic E-state index is 13.1. The molecule has 2 aromatic rings. The van der Waals surface area contributed by atoms with Crippen molar-refractivity contribution < 1.29 is 13.9 Å². The molecule has 2 fully saturated rings. The van der Waals surface area contributed by atoms with Gasteiger partial charge in [0.2, 0.25) is 5.91 Å². The molecule has 1 amide bonds. The molecular formula is C20H23FN4O3. The number of amides is 1. The van der Waals surface area contributed by atoms with E-state index in [9.17, 15) is 14.0 Å². The van der Waals surface area contributed by atoms with Crippen molar-refractivity contribution in [2.45, 2.75) is 20.0 Å². The smallest absolute Gasteiger partial charge is 0.251 e. The predicted octanol–water partition coefficient (Wildman–Crippen LogP) is 0.982. The molecule has 1 aromatic heterocycles. The van der Waals surface area contributed by atoms with Gasteiger partial charge in [0.05, 0.1) is 30.9 Å². The van der Waals surface area contributed by atoms with E-state index in [1.165, 1.54) is 18.2 Å². The molecule has 3 heterocycles. The SMILES string of the molecule is Cc1nc(CNC(=O)[C@]23COC[C@H]2CN(Cc2ccc(F)cc2)C3)cc(=O)[nH]1. The molecule has 2 aliphatic rings. The predicted molar refractivity (Wildman–Crippen MR) is 99.9 cm³/mol. The van der Waals surface area contributed by atoms with Crippen molar-refractivity contribution in [3.05, 3.63) is 63.6 Å². The number of H-pyrrole nitrogens is 1. The molecule has 0 spiro atoms. The second-order valence-corrected chi connectivity index (χ2v) is 7.67. The average molecular weight is 386 g/mol. The Balaban J connectivity index is 1.43. The van der Waals surface area contributed by atoms with Gasteiger partial charge in [-0.15, -0.1) is 0 Å². The molecule has 0 radical (unpaired) electrons. The van der Waals surface area contributed by atoms with Gasteiger partial charge in [-0.1, -0.05) is 12.1 Å². The van der Waals surface area contributed by atoms with E-state index in [0.717, 1.165) is 12.1 Å². The molecule has 2 aliphatic heterocycles. The molecule has 148 valence electrons. The van der Waals surface area contributed by atoms with E-state index in [2.05, 4.69) is 20.2 Å². The minimum absolute atomic E-state index is 0.0728. The molecule has 0 aliphatic carbocycles. The third kappa shape index (κ3) is 3.70. The van der Waals surface area contributed by atoms with Gasteiger partial charge >= 0.3 is 0 Å². The normalized spacial score (nSPS) is 24.3. The van der Waals surface area contributed by atoms with Crippen LogP contribution in [-0.2, 0) is 22.6 Å². The molecule has 2 N–H and O–H groups in total. The maximum Gasteiger partial charge on any atom is 0.251 e. The van der Waals surface area contributed by atoms with Crippen LogP contribution in [0.25, 0.3) is 0 Å². The second kappa shape index (κ2) is 7.44.